The first-order valence-electron chi connectivity index (χ1n) is 6.37. The van der Waals surface area contributed by atoms with E-state index in [9.17, 15) is 14.4 Å². The van der Waals surface area contributed by atoms with E-state index in [0.29, 0.717) is 25.1 Å². The second-order valence-corrected chi connectivity index (χ2v) is 4.87. The summed E-state index contributed by atoms with van der Waals surface area (Å²) < 4.78 is 0. The van der Waals surface area contributed by atoms with Crippen molar-refractivity contribution >= 4 is 17.8 Å². The molecule has 0 bridgehead atoms. The maximum absolute atomic E-state index is 12.1. The van der Waals surface area contributed by atoms with E-state index >= 15 is 0 Å². The Morgan fingerprint density at radius 2 is 2.00 bits per heavy atom. The Kier molecular flexibility index (Phi) is 4.02. The Morgan fingerprint density at radius 3 is 2.60 bits per heavy atom. The fourth-order valence-corrected chi connectivity index (χ4v) is 2.38. The summed E-state index contributed by atoms with van der Waals surface area (Å²) >= 11 is 0. The summed E-state index contributed by atoms with van der Waals surface area (Å²) in [6.07, 6.45) is 0.593. The summed E-state index contributed by atoms with van der Waals surface area (Å²) in [6.45, 7) is 0.811. The van der Waals surface area contributed by atoms with Crippen molar-refractivity contribution in [3.63, 3.8) is 0 Å². The molecule has 2 amide bonds. The number of likely N-dealkylation sites (tertiary alicyclic amines) is 1. The number of benzene rings is 1. The molecule has 6 nitrogen and oxygen atoms in total. The zero-order valence-electron chi connectivity index (χ0n) is 10.9. The number of rotatable bonds is 4. The number of nitrogens with two attached hydrogens (primary N) is 1. The van der Waals surface area contributed by atoms with Gasteiger partial charge in [-0.05, 0) is 18.1 Å². The molecule has 0 aromatic heterocycles. The highest BCUT2D eigenvalue weighted by Gasteiger charge is 2.29. The molecule has 1 saturated heterocycles. The molecule has 20 heavy (non-hydrogen) atoms. The normalized spacial score (nSPS) is 18.0. The summed E-state index contributed by atoms with van der Waals surface area (Å²) in [5, 5.41) is 9.07. The monoisotopic (exact) mass is 276 g/mol. The smallest absolute Gasteiger partial charge is 0.335 e. The number of hydrogen-bond acceptors (Lipinski definition) is 3. The second-order valence-electron chi connectivity index (χ2n) is 4.87. The fourth-order valence-electron chi connectivity index (χ4n) is 2.38. The third kappa shape index (κ3) is 2.96. The lowest BCUT2D eigenvalue weighted by Gasteiger charge is -2.16. The number of primary amides is 1. The SMILES string of the molecule is NC(=O)C1CCN(C(=O)Cc2ccccc2C(=O)O)C1. The highest BCUT2D eigenvalue weighted by Crippen LogP contribution is 2.18. The molecule has 3 N–H and O–H groups in total. The predicted octanol–water partition coefficient (Wildman–Crippen LogP) is 0.261. The lowest BCUT2D eigenvalue weighted by molar-refractivity contribution is -0.129. The molecule has 1 aliphatic heterocycles. The van der Waals surface area contributed by atoms with Crippen LogP contribution in [0.3, 0.4) is 0 Å². The molecule has 106 valence electrons. The third-order valence-electron chi connectivity index (χ3n) is 3.53. The highest BCUT2D eigenvalue weighted by molar-refractivity contribution is 5.91. The molecule has 1 atom stereocenters. The van der Waals surface area contributed by atoms with Crippen LogP contribution in [-0.2, 0) is 16.0 Å². The lowest BCUT2D eigenvalue weighted by Crippen LogP contribution is -2.33. The largest absolute Gasteiger partial charge is 0.478 e. The fraction of sp³-hybridized carbons (Fsp3) is 0.357. The van der Waals surface area contributed by atoms with Crippen LogP contribution in [0.25, 0.3) is 0 Å². The van der Waals surface area contributed by atoms with E-state index in [1.165, 1.54) is 6.07 Å². The second kappa shape index (κ2) is 5.73. The van der Waals surface area contributed by atoms with Gasteiger partial charge in [-0.3, -0.25) is 9.59 Å². The zero-order chi connectivity index (χ0) is 14.7. The maximum atomic E-state index is 12.1. The van der Waals surface area contributed by atoms with E-state index < -0.39 is 11.9 Å². The van der Waals surface area contributed by atoms with Crippen LogP contribution in [0.4, 0.5) is 0 Å². The molecule has 2 rings (SSSR count). The number of aromatic carboxylic acids is 1. The Bertz CT molecular complexity index is 556. The van der Waals surface area contributed by atoms with Gasteiger partial charge in [-0.2, -0.15) is 0 Å². The number of carbonyl (C=O) groups excluding carboxylic acids is 2. The third-order valence-corrected chi connectivity index (χ3v) is 3.53. The van der Waals surface area contributed by atoms with Crippen molar-refractivity contribution in [1.29, 1.82) is 0 Å². The van der Waals surface area contributed by atoms with Crippen LogP contribution in [0, 0.1) is 5.92 Å². The highest BCUT2D eigenvalue weighted by atomic mass is 16.4. The zero-order valence-corrected chi connectivity index (χ0v) is 10.9. The van der Waals surface area contributed by atoms with Gasteiger partial charge in [0.15, 0.2) is 0 Å². The van der Waals surface area contributed by atoms with E-state index in [1.54, 1.807) is 23.1 Å². The van der Waals surface area contributed by atoms with E-state index in [4.69, 9.17) is 10.8 Å². The maximum Gasteiger partial charge on any atom is 0.335 e. The van der Waals surface area contributed by atoms with Gasteiger partial charge < -0.3 is 15.7 Å². The van der Waals surface area contributed by atoms with Crippen molar-refractivity contribution in [2.24, 2.45) is 11.7 Å². The van der Waals surface area contributed by atoms with Crippen molar-refractivity contribution in [1.82, 2.24) is 4.90 Å². The molecule has 6 heteroatoms. The molecular formula is C14H16N2O4. The minimum Gasteiger partial charge on any atom is -0.478 e. The topological polar surface area (TPSA) is 101 Å². The molecule has 1 heterocycles. The molecule has 0 spiro atoms. The molecule has 1 aromatic rings. The Hall–Kier alpha value is -2.37. The van der Waals surface area contributed by atoms with Crippen LogP contribution >= 0.6 is 0 Å². The van der Waals surface area contributed by atoms with Crippen molar-refractivity contribution in [3.8, 4) is 0 Å². The van der Waals surface area contributed by atoms with E-state index in [-0.39, 0.29) is 23.8 Å². The van der Waals surface area contributed by atoms with Gasteiger partial charge in [-0.1, -0.05) is 18.2 Å². The van der Waals surface area contributed by atoms with Gasteiger partial charge in [0, 0.05) is 13.1 Å². The molecule has 1 aliphatic rings. The Balaban J connectivity index is 2.06. The van der Waals surface area contributed by atoms with Gasteiger partial charge in [0.1, 0.15) is 0 Å². The molecule has 1 aromatic carbocycles. The average molecular weight is 276 g/mol. The van der Waals surface area contributed by atoms with Crippen molar-refractivity contribution in [3.05, 3.63) is 35.4 Å². The quantitative estimate of drug-likeness (QED) is 0.823. The van der Waals surface area contributed by atoms with Gasteiger partial charge in [0.2, 0.25) is 11.8 Å². The average Bonchev–Trinajstić information content (AvgIpc) is 2.89. The number of carbonyl (C=O) groups is 3. The summed E-state index contributed by atoms with van der Waals surface area (Å²) in [6, 6.07) is 6.42. The van der Waals surface area contributed by atoms with Gasteiger partial charge in [0.25, 0.3) is 0 Å². The van der Waals surface area contributed by atoms with Gasteiger partial charge in [-0.15, -0.1) is 0 Å². The first-order valence-corrected chi connectivity index (χ1v) is 6.37. The predicted molar refractivity (Wildman–Crippen MR) is 71.0 cm³/mol. The van der Waals surface area contributed by atoms with E-state index in [0.717, 1.165) is 0 Å². The van der Waals surface area contributed by atoms with E-state index in [1.807, 2.05) is 0 Å². The van der Waals surface area contributed by atoms with Crippen molar-refractivity contribution < 1.29 is 19.5 Å². The minimum absolute atomic E-state index is 0.0218. The summed E-state index contributed by atoms with van der Waals surface area (Å²) in [4.78, 5) is 35.9. The van der Waals surface area contributed by atoms with Crippen molar-refractivity contribution in [2.75, 3.05) is 13.1 Å². The summed E-state index contributed by atoms with van der Waals surface area (Å²) in [5.74, 6) is -1.92. The summed E-state index contributed by atoms with van der Waals surface area (Å²) in [5.41, 5.74) is 5.83. The summed E-state index contributed by atoms with van der Waals surface area (Å²) in [7, 11) is 0. The van der Waals surface area contributed by atoms with Gasteiger partial charge in [-0.25, -0.2) is 4.79 Å². The molecule has 1 unspecified atom stereocenters. The Labute approximate surface area is 116 Å². The number of carboxylic acid groups (broad SMARTS) is 1. The van der Waals surface area contributed by atoms with Crippen molar-refractivity contribution in [2.45, 2.75) is 12.8 Å². The number of amides is 2. The Morgan fingerprint density at radius 1 is 1.30 bits per heavy atom. The van der Waals surface area contributed by atoms with Gasteiger partial charge in [0.05, 0.1) is 17.9 Å². The minimum atomic E-state index is -1.05. The van der Waals surface area contributed by atoms with Crippen LogP contribution in [0.2, 0.25) is 0 Å². The standard InChI is InChI=1S/C14H16N2O4/c15-13(18)10-5-6-16(8-10)12(17)7-9-3-1-2-4-11(9)14(19)20/h1-4,10H,5-8H2,(H2,15,18)(H,19,20). The first kappa shape index (κ1) is 14.0. The van der Waals surface area contributed by atoms with Crippen LogP contribution in [0.1, 0.15) is 22.3 Å². The van der Waals surface area contributed by atoms with Crippen LogP contribution in [-0.4, -0.2) is 40.9 Å². The molecular weight excluding hydrogens is 260 g/mol. The van der Waals surface area contributed by atoms with Gasteiger partial charge >= 0.3 is 5.97 Å². The number of hydrogen-bond donors (Lipinski definition) is 2. The molecule has 0 saturated carbocycles. The number of carboxylic acids is 1. The first-order chi connectivity index (χ1) is 9.49. The number of nitrogens with zero attached hydrogens (tertiary/aromatic N) is 1. The molecule has 0 aliphatic carbocycles. The van der Waals surface area contributed by atoms with E-state index in [2.05, 4.69) is 0 Å². The lowest BCUT2D eigenvalue weighted by atomic mass is 10.0. The molecule has 0 radical (unpaired) electrons. The molecule has 1 fully saturated rings. The van der Waals surface area contributed by atoms with Crippen LogP contribution in [0.15, 0.2) is 24.3 Å². The van der Waals surface area contributed by atoms with Crippen LogP contribution < -0.4 is 5.73 Å². The van der Waals surface area contributed by atoms with Crippen LogP contribution in [0.5, 0.6) is 0 Å².